The van der Waals surface area contributed by atoms with Gasteiger partial charge in [0.1, 0.15) is 12.4 Å². The first-order valence-electron chi connectivity index (χ1n) is 9.37. The molecular formula is C23H22ClNO4S. The summed E-state index contributed by atoms with van der Waals surface area (Å²) >= 11 is 7.52. The van der Waals surface area contributed by atoms with Crippen LogP contribution >= 0.6 is 22.9 Å². The van der Waals surface area contributed by atoms with Gasteiger partial charge in [-0.15, -0.1) is 11.3 Å². The fraction of sp³-hybridized carbons (Fsp3) is 0.217. The molecule has 0 aliphatic carbocycles. The van der Waals surface area contributed by atoms with Crippen LogP contribution in [0.5, 0.6) is 5.75 Å². The SMILES string of the molecule is Cc1cc(-c2ccc(OCCN(C)CC(=O)O)c(C(=O)c3cccs3)c2)ccc1Cl. The van der Waals surface area contributed by atoms with Crippen molar-refractivity contribution in [2.75, 3.05) is 26.7 Å². The van der Waals surface area contributed by atoms with Gasteiger partial charge in [0.2, 0.25) is 5.78 Å². The number of hydrogen-bond donors (Lipinski definition) is 1. The first kappa shape index (κ1) is 22.0. The molecule has 1 N–H and O–H groups in total. The van der Waals surface area contributed by atoms with Crippen molar-refractivity contribution >= 4 is 34.7 Å². The van der Waals surface area contributed by atoms with E-state index in [0.717, 1.165) is 16.7 Å². The van der Waals surface area contributed by atoms with E-state index in [1.54, 1.807) is 24.1 Å². The standard InChI is InChI=1S/C23H22ClNO4S/c1-15-12-16(5-7-19(15)24)17-6-8-20(29-10-9-25(2)14-22(26)27)18(13-17)23(28)21-4-3-11-30-21/h3-8,11-13H,9-10,14H2,1-2H3,(H,26,27). The van der Waals surface area contributed by atoms with E-state index >= 15 is 0 Å². The zero-order valence-corrected chi connectivity index (χ0v) is 18.3. The lowest BCUT2D eigenvalue weighted by Gasteiger charge is -2.16. The van der Waals surface area contributed by atoms with Crippen LogP contribution in [0.15, 0.2) is 53.9 Å². The van der Waals surface area contributed by atoms with Gasteiger partial charge in [0.25, 0.3) is 0 Å². The van der Waals surface area contributed by atoms with Crippen LogP contribution in [0, 0.1) is 6.92 Å². The van der Waals surface area contributed by atoms with Crippen molar-refractivity contribution < 1.29 is 19.4 Å². The topological polar surface area (TPSA) is 66.8 Å². The minimum absolute atomic E-state index is 0.0702. The third-order valence-corrected chi connectivity index (χ3v) is 5.89. The smallest absolute Gasteiger partial charge is 0.317 e. The molecule has 2 aromatic carbocycles. The number of thiophene rings is 1. The van der Waals surface area contributed by atoms with E-state index in [-0.39, 0.29) is 18.9 Å². The van der Waals surface area contributed by atoms with Crippen LogP contribution in [0.25, 0.3) is 11.1 Å². The zero-order chi connectivity index (χ0) is 21.7. The van der Waals surface area contributed by atoms with Gasteiger partial charge in [0.05, 0.1) is 17.0 Å². The molecule has 0 saturated heterocycles. The number of likely N-dealkylation sites (N-methyl/N-ethyl adjacent to an activating group) is 1. The molecule has 0 fully saturated rings. The van der Waals surface area contributed by atoms with Crippen LogP contribution < -0.4 is 4.74 Å². The number of carbonyl (C=O) groups excluding carboxylic acids is 1. The molecule has 3 aromatic rings. The molecule has 0 aliphatic rings. The number of ether oxygens (including phenoxy) is 1. The van der Waals surface area contributed by atoms with Gasteiger partial charge in [-0.1, -0.05) is 29.8 Å². The molecule has 1 heterocycles. The van der Waals surface area contributed by atoms with Crippen LogP contribution in [-0.2, 0) is 4.79 Å². The normalized spacial score (nSPS) is 10.9. The highest BCUT2D eigenvalue weighted by molar-refractivity contribution is 7.12. The van der Waals surface area contributed by atoms with E-state index in [9.17, 15) is 9.59 Å². The van der Waals surface area contributed by atoms with E-state index < -0.39 is 5.97 Å². The Hall–Kier alpha value is -2.67. The molecule has 5 nitrogen and oxygen atoms in total. The highest BCUT2D eigenvalue weighted by Crippen LogP contribution is 2.31. The number of carbonyl (C=O) groups is 2. The Kier molecular flexibility index (Phi) is 7.26. The lowest BCUT2D eigenvalue weighted by atomic mass is 9.98. The number of aliphatic carboxylic acids is 1. The zero-order valence-electron chi connectivity index (χ0n) is 16.7. The van der Waals surface area contributed by atoms with Crippen LogP contribution in [0.4, 0.5) is 0 Å². The predicted octanol–water partition coefficient (Wildman–Crippen LogP) is 5.00. The highest BCUT2D eigenvalue weighted by Gasteiger charge is 2.18. The van der Waals surface area contributed by atoms with E-state index in [2.05, 4.69) is 0 Å². The Morgan fingerprint density at radius 2 is 1.87 bits per heavy atom. The van der Waals surface area contributed by atoms with Gasteiger partial charge in [0, 0.05) is 11.6 Å². The lowest BCUT2D eigenvalue weighted by Crippen LogP contribution is -2.29. The van der Waals surface area contributed by atoms with Gasteiger partial charge < -0.3 is 9.84 Å². The lowest BCUT2D eigenvalue weighted by molar-refractivity contribution is -0.138. The maximum Gasteiger partial charge on any atom is 0.317 e. The van der Waals surface area contributed by atoms with Gasteiger partial charge in [-0.3, -0.25) is 14.5 Å². The summed E-state index contributed by atoms with van der Waals surface area (Å²) in [6, 6.07) is 14.9. The van der Waals surface area contributed by atoms with Gasteiger partial charge in [-0.25, -0.2) is 0 Å². The number of ketones is 1. The quantitative estimate of drug-likeness (QED) is 0.471. The second-order valence-corrected chi connectivity index (χ2v) is 8.32. The summed E-state index contributed by atoms with van der Waals surface area (Å²) in [7, 11) is 1.71. The average Bonchev–Trinajstić information content (AvgIpc) is 3.24. The van der Waals surface area contributed by atoms with Gasteiger partial charge in [-0.2, -0.15) is 0 Å². The van der Waals surface area contributed by atoms with Crippen LogP contribution in [0.2, 0.25) is 5.02 Å². The third-order valence-electron chi connectivity index (χ3n) is 4.60. The molecule has 0 radical (unpaired) electrons. The minimum atomic E-state index is -0.895. The number of benzene rings is 2. The number of carboxylic acid groups (broad SMARTS) is 1. The van der Waals surface area contributed by atoms with Crippen molar-refractivity contribution in [3.63, 3.8) is 0 Å². The molecule has 0 aliphatic heterocycles. The summed E-state index contributed by atoms with van der Waals surface area (Å²) in [6.07, 6.45) is 0. The molecule has 30 heavy (non-hydrogen) atoms. The van der Waals surface area contributed by atoms with Crippen molar-refractivity contribution in [3.8, 4) is 16.9 Å². The van der Waals surface area contributed by atoms with Crippen LogP contribution in [0.3, 0.4) is 0 Å². The van der Waals surface area contributed by atoms with Crippen molar-refractivity contribution in [1.29, 1.82) is 0 Å². The second kappa shape index (κ2) is 9.89. The molecule has 3 rings (SSSR count). The summed E-state index contributed by atoms with van der Waals surface area (Å²) in [5.74, 6) is -0.522. The Bertz CT molecular complexity index is 1050. The molecule has 7 heteroatoms. The summed E-state index contributed by atoms with van der Waals surface area (Å²) in [4.78, 5) is 26.2. The summed E-state index contributed by atoms with van der Waals surface area (Å²) in [6.45, 7) is 2.57. The number of rotatable bonds is 9. The highest BCUT2D eigenvalue weighted by atomic mass is 35.5. The summed E-state index contributed by atoms with van der Waals surface area (Å²) < 4.78 is 5.87. The van der Waals surface area contributed by atoms with E-state index in [4.69, 9.17) is 21.4 Å². The molecule has 0 amide bonds. The predicted molar refractivity (Wildman–Crippen MR) is 120 cm³/mol. The largest absolute Gasteiger partial charge is 0.491 e. The van der Waals surface area contributed by atoms with Crippen molar-refractivity contribution in [2.24, 2.45) is 0 Å². The van der Waals surface area contributed by atoms with Crippen molar-refractivity contribution in [2.45, 2.75) is 6.92 Å². The first-order valence-corrected chi connectivity index (χ1v) is 10.6. The summed E-state index contributed by atoms with van der Waals surface area (Å²) in [5, 5.41) is 11.4. The Morgan fingerprint density at radius 1 is 1.13 bits per heavy atom. The van der Waals surface area contributed by atoms with Crippen molar-refractivity contribution in [3.05, 3.63) is 74.9 Å². The number of hydrogen-bond acceptors (Lipinski definition) is 5. The van der Waals surface area contributed by atoms with Crippen molar-refractivity contribution in [1.82, 2.24) is 4.90 Å². The average molecular weight is 444 g/mol. The van der Waals surface area contributed by atoms with Gasteiger partial charge >= 0.3 is 5.97 Å². The van der Waals surface area contributed by atoms with E-state index in [0.29, 0.717) is 27.8 Å². The fourth-order valence-electron chi connectivity index (χ4n) is 3.00. The number of nitrogens with zero attached hydrogens (tertiary/aromatic N) is 1. The van der Waals surface area contributed by atoms with Crippen LogP contribution in [0.1, 0.15) is 20.8 Å². The maximum absolute atomic E-state index is 13.1. The first-order chi connectivity index (χ1) is 14.3. The monoisotopic (exact) mass is 443 g/mol. The summed E-state index contributed by atoms with van der Waals surface area (Å²) in [5.41, 5.74) is 3.29. The molecule has 0 unspecified atom stereocenters. The van der Waals surface area contributed by atoms with Crippen LogP contribution in [-0.4, -0.2) is 48.5 Å². The molecular weight excluding hydrogens is 422 g/mol. The molecule has 0 atom stereocenters. The molecule has 0 spiro atoms. The van der Waals surface area contributed by atoms with E-state index in [1.807, 2.05) is 48.7 Å². The molecule has 0 saturated carbocycles. The minimum Gasteiger partial charge on any atom is -0.491 e. The Balaban J connectivity index is 1.88. The van der Waals surface area contributed by atoms with Gasteiger partial charge in [-0.05, 0) is 66.4 Å². The Labute approximate surface area is 184 Å². The number of aryl methyl sites for hydroxylation is 1. The fourth-order valence-corrected chi connectivity index (χ4v) is 3.79. The Morgan fingerprint density at radius 3 is 2.53 bits per heavy atom. The molecule has 0 bridgehead atoms. The molecule has 1 aromatic heterocycles. The molecule has 156 valence electrons. The van der Waals surface area contributed by atoms with E-state index in [1.165, 1.54) is 11.3 Å². The number of carboxylic acids is 1. The van der Waals surface area contributed by atoms with Gasteiger partial charge in [0.15, 0.2) is 0 Å². The second-order valence-electron chi connectivity index (χ2n) is 6.96. The maximum atomic E-state index is 13.1. The number of halogens is 1. The third kappa shape index (κ3) is 5.48.